The minimum atomic E-state index is -0.230. The lowest BCUT2D eigenvalue weighted by molar-refractivity contribution is 0.117. The van der Waals surface area contributed by atoms with Gasteiger partial charge in [0.2, 0.25) is 0 Å². The summed E-state index contributed by atoms with van der Waals surface area (Å²) < 4.78 is 0. The van der Waals surface area contributed by atoms with E-state index in [-0.39, 0.29) is 6.10 Å². The summed E-state index contributed by atoms with van der Waals surface area (Å²) >= 11 is 2.06. The maximum absolute atomic E-state index is 9.84. The zero-order chi connectivity index (χ0) is 11.8. The van der Waals surface area contributed by atoms with Crippen LogP contribution in [0, 0.1) is 0 Å². The van der Waals surface area contributed by atoms with Crippen molar-refractivity contribution < 1.29 is 5.11 Å². The highest BCUT2D eigenvalue weighted by atomic mass is 32.2. The van der Waals surface area contributed by atoms with Gasteiger partial charge < -0.3 is 15.3 Å². The third-order valence-electron chi connectivity index (χ3n) is 3.14. The van der Waals surface area contributed by atoms with E-state index in [9.17, 15) is 5.11 Å². The molecule has 4 heteroatoms. The Hall–Kier alpha value is 0.230. The fourth-order valence-corrected chi connectivity index (χ4v) is 3.30. The average molecular weight is 246 g/mol. The van der Waals surface area contributed by atoms with Crippen LogP contribution in [0.3, 0.4) is 0 Å². The van der Waals surface area contributed by atoms with Gasteiger partial charge >= 0.3 is 0 Å². The average Bonchev–Trinajstić information content (AvgIpc) is 2.79. The van der Waals surface area contributed by atoms with E-state index in [0.717, 1.165) is 38.0 Å². The molecule has 1 fully saturated rings. The predicted octanol–water partition coefficient (Wildman–Crippen LogP) is 1.17. The van der Waals surface area contributed by atoms with Crippen LogP contribution in [-0.4, -0.2) is 59.8 Å². The number of aliphatic hydroxyl groups excluding tert-OH is 1. The molecular weight excluding hydrogens is 220 g/mol. The van der Waals surface area contributed by atoms with E-state index in [1.54, 1.807) is 0 Å². The SMILES string of the molecule is CCN(CC)CC(O)CNCC1CCCS1. The topological polar surface area (TPSA) is 35.5 Å². The van der Waals surface area contributed by atoms with Crippen LogP contribution in [0.2, 0.25) is 0 Å². The Morgan fingerprint density at radius 2 is 2.19 bits per heavy atom. The molecule has 0 aromatic carbocycles. The van der Waals surface area contributed by atoms with Crippen LogP contribution >= 0.6 is 11.8 Å². The molecule has 1 saturated heterocycles. The minimum Gasteiger partial charge on any atom is -0.390 e. The normalized spacial score (nSPS) is 22.9. The first-order chi connectivity index (χ1) is 7.76. The Morgan fingerprint density at radius 1 is 1.44 bits per heavy atom. The molecule has 0 aliphatic carbocycles. The lowest BCUT2D eigenvalue weighted by atomic mass is 10.2. The van der Waals surface area contributed by atoms with Gasteiger partial charge in [-0.05, 0) is 31.7 Å². The molecule has 0 amide bonds. The lowest BCUT2D eigenvalue weighted by Crippen LogP contribution is -2.39. The van der Waals surface area contributed by atoms with Crippen LogP contribution < -0.4 is 5.32 Å². The molecule has 0 aromatic heterocycles. The Bertz CT molecular complexity index is 170. The summed E-state index contributed by atoms with van der Waals surface area (Å²) in [5.74, 6) is 1.31. The molecule has 0 bridgehead atoms. The molecule has 16 heavy (non-hydrogen) atoms. The molecule has 0 radical (unpaired) electrons. The summed E-state index contributed by atoms with van der Waals surface area (Å²) in [5, 5.41) is 14.0. The van der Waals surface area contributed by atoms with Crippen LogP contribution in [-0.2, 0) is 0 Å². The summed E-state index contributed by atoms with van der Waals surface area (Å²) in [4.78, 5) is 2.26. The van der Waals surface area contributed by atoms with Crippen molar-refractivity contribution in [1.82, 2.24) is 10.2 Å². The Kier molecular flexibility index (Phi) is 7.45. The first-order valence-electron chi connectivity index (χ1n) is 6.49. The monoisotopic (exact) mass is 246 g/mol. The third-order valence-corrected chi connectivity index (χ3v) is 4.54. The van der Waals surface area contributed by atoms with Gasteiger partial charge in [0.15, 0.2) is 0 Å². The van der Waals surface area contributed by atoms with Crippen molar-refractivity contribution in [3.8, 4) is 0 Å². The molecule has 0 aromatic rings. The number of thioether (sulfide) groups is 1. The van der Waals surface area contributed by atoms with Crippen molar-refractivity contribution in [3.05, 3.63) is 0 Å². The molecule has 2 unspecified atom stereocenters. The number of hydrogen-bond acceptors (Lipinski definition) is 4. The maximum atomic E-state index is 9.84. The Morgan fingerprint density at radius 3 is 2.75 bits per heavy atom. The molecule has 0 saturated carbocycles. The van der Waals surface area contributed by atoms with Crippen molar-refractivity contribution in [3.63, 3.8) is 0 Å². The number of likely N-dealkylation sites (N-methyl/N-ethyl adjacent to an activating group) is 1. The molecule has 2 N–H and O–H groups in total. The molecule has 1 heterocycles. The van der Waals surface area contributed by atoms with Crippen LogP contribution in [0.1, 0.15) is 26.7 Å². The summed E-state index contributed by atoms with van der Waals surface area (Å²) in [5.41, 5.74) is 0. The van der Waals surface area contributed by atoms with Crippen molar-refractivity contribution in [2.45, 2.75) is 38.0 Å². The van der Waals surface area contributed by atoms with Crippen molar-refractivity contribution >= 4 is 11.8 Å². The zero-order valence-electron chi connectivity index (χ0n) is 10.6. The van der Waals surface area contributed by atoms with E-state index in [1.165, 1.54) is 18.6 Å². The number of nitrogens with one attached hydrogen (secondary N) is 1. The van der Waals surface area contributed by atoms with Gasteiger partial charge in [-0.15, -0.1) is 0 Å². The lowest BCUT2D eigenvalue weighted by Gasteiger charge is -2.22. The van der Waals surface area contributed by atoms with Gasteiger partial charge in [-0.3, -0.25) is 0 Å². The second-order valence-corrected chi connectivity index (χ2v) is 5.84. The standard InChI is InChI=1S/C12H26N2OS/c1-3-14(4-2)10-11(15)8-13-9-12-6-5-7-16-12/h11-13,15H,3-10H2,1-2H3. The van der Waals surface area contributed by atoms with Crippen LogP contribution in [0.5, 0.6) is 0 Å². The van der Waals surface area contributed by atoms with Gasteiger partial charge in [0.25, 0.3) is 0 Å². The molecule has 1 aliphatic heterocycles. The first kappa shape index (κ1) is 14.3. The van der Waals surface area contributed by atoms with Gasteiger partial charge in [0, 0.05) is 24.9 Å². The van der Waals surface area contributed by atoms with E-state index in [1.807, 2.05) is 0 Å². The van der Waals surface area contributed by atoms with E-state index in [2.05, 4.69) is 35.8 Å². The van der Waals surface area contributed by atoms with Crippen LogP contribution in [0.15, 0.2) is 0 Å². The van der Waals surface area contributed by atoms with E-state index >= 15 is 0 Å². The number of aliphatic hydroxyl groups is 1. The summed E-state index contributed by atoms with van der Waals surface area (Å²) in [7, 11) is 0. The molecule has 2 atom stereocenters. The number of hydrogen-bond donors (Lipinski definition) is 2. The van der Waals surface area contributed by atoms with Gasteiger partial charge in [-0.2, -0.15) is 11.8 Å². The first-order valence-corrected chi connectivity index (χ1v) is 7.53. The van der Waals surface area contributed by atoms with Gasteiger partial charge in [0.05, 0.1) is 6.10 Å². The fraction of sp³-hybridized carbons (Fsp3) is 1.00. The third kappa shape index (κ3) is 5.53. The second kappa shape index (κ2) is 8.34. The highest BCUT2D eigenvalue weighted by molar-refractivity contribution is 8.00. The fourth-order valence-electron chi connectivity index (χ4n) is 2.06. The molecule has 1 aliphatic rings. The second-order valence-electron chi connectivity index (χ2n) is 4.43. The predicted molar refractivity (Wildman–Crippen MR) is 72.1 cm³/mol. The van der Waals surface area contributed by atoms with Crippen LogP contribution in [0.4, 0.5) is 0 Å². The quantitative estimate of drug-likeness (QED) is 0.674. The van der Waals surface area contributed by atoms with Gasteiger partial charge in [-0.1, -0.05) is 13.8 Å². The van der Waals surface area contributed by atoms with E-state index in [0.29, 0.717) is 0 Å². The molecule has 0 spiro atoms. The molecule has 96 valence electrons. The Labute approximate surface area is 104 Å². The molecule has 1 rings (SSSR count). The smallest absolute Gasteiger partial charge is 0.0791 e. The van der Waals surface area contributed by atoms with Gasteiger partial charge in [-0.25, -0.2) is 0 Å². The zero-order valence-corrected chi connectivity index (χ0v) is 11.4. The number of nitrogens with zero attached hydrogens (tertiary/aromatic N) is 1. The maximum Gasteiger partial charge on any atom is 0.0791 e. The van der Waals surface area contributed by atoms with Crippen molar-refractivity contribution in [2.75, 3.05) is 38.5 Å². The number of rotatable bonds is 8. The summed E-state index contributed by atoms with van der Waals surface area (Å²) in [6.45, 7) is 8.89. The van der Waals surface area contributed by atoms with E-state index in [4.69, 9.17) is 0 Å². The van der Waals surface area contributed by atoms with Crippen LogP contribution in [0.25, 0.3) is 0 Å². The largest absolute Gasteiger partial charge is 0.390 e. The highest BCUT2D eigenvalue weighted by Gasteiger charge is 2.15. The molecule has 3 nitrogen and oxygen atoms in total. The van der Waals surface area contributed by atoms with Gasteiger partial charge in [0.1, 0.15) is 0 Å². The van der Waals surface area contributed by atoms with Crippen molar-refractivity contribution in [1.29, 1.82) is 0 Å². The summed E-state index contributed by atoms with van der Waals surface area (Å²) in [6.07, 6.45) is 2.47. The summed E-state index contributed by atoms with van der Waals surface area (Å²) in [6, 6.07) is 0. The molecular formula is C12H26N2OS. The van der Waals surface area contributed by atoms with Crippen molar-refractivity contribution in [2.24, 2.45) is 0 Å². The van der Waals surface area contributed by atoms with E-state index < -0.39 is 0 Å². The Balaban J connectivity index is 2.02. The minimum absolute atomic E-state index is 0.230. The highest BCUT2D eigenvalue weighted by Crippen LogP contribution is 2.25.